The van der Waals surface area contributed by atoms with E-state index in [-0.39, 0.29) is 24.4 Å². The molecule has 0 saturated heterocycles. The Kier molecular flexibility index (Phi) is 6.44. The third-order valence-electron chi connectivity index (χ3n) is 4.73. The number of hydrogen-bond donors (Lipinski definition) is 2. The van der Waals surface area contributed by atoms with Crippen LogP contribution in [-0.2, 0) is 18.4 Å². The van der Waals surface area contributed by atoms with Crippen LogP contribution in [0, 0.1) is 5.82 Å². The summed E-state index contributed by atoms with van der Waals surface area (Å²) in [5.74, 6) is -1.17. The molecule has 0 bridgehead atoms. The van der Waals surface area contributed by atoms with Crippen LogP contribution in [0.5, 0.6) is 0 Å². The minimum Gasteiger partial charge on any atom is -0.348 e. The van der Waals surface area contributed by atoms with Crippen molar-refractivity contribution in [3.8, 4) is 0 Å². The standard InChI is InChI=1S/C22H21FN4O4/c1-14(24-19(28)13-27-12-11-20(29)26(2)22(27)31)15-5-9-18(10-6-15)25-21(30)16-3-7-17(23)8-4-16/h3-12,14H,13H2,1-2H3,(H,24,28)(H,25,30). The second-order valence-electron chi connectivity index (χ2n) is 7.00. The van der Waals surface area contributed by atoms with Gasteiger partial charge in [-0.05, 0) is 48.9 Å². The summed E-state index contributed by atoms with van der Waals surface area (Å²) in [6.07, 6.45) is 1.29. The van der Waals surface area contributed by atoms with E-state index < -0.39 is 17.1 Å². The maximum absolute atomic E-state index is 13.0. The van der Waals surface area contributed by atoms with E-state index in [1.165, 1.54) is 43.6 Å². The molecule has 0 saturated carbocycles. The Morgan fingerprint density at radius 1 is 1.00 bits per heavy atom. The van der Waals surface area contributed by atoms with Gasteiger partial charge < -0.3 is 10.6 Å². The Labute approximate surface area is 177 Å². The van der Waals surface area contributed by atoms with Crippen molar-refractivity contribution in [2.24, 2.45) is 7.05 Å². The highest BCUT2D eigenvalue weighted by Gasteiger charge is 2.12. The number of carbonyl (C=O) groups excluding carboxylic acids is 2. The van der Waals surface area contributed by atoms with E-state index in [9.17, 15) is 23.6 Å². The zero-order chi connectivity index (χ0) is 22.5. The lowest BCUT2D eigenvalue weighted by Crippen LogP contribution is -2.40. The van der Waals surface area contributed by atoms with E-state index in [0.717, 1.165) is 14.7 Å². The normalized spacial score (nSPS) is 11.6. The summed E-state index contributed by atoms with van der Waals surface area (Å²) in [4.78, 5) is 47.9. The van der Waals surface area contributed by atoms with Crippen molar-refractivity contribution in [1.82, 2.24) is 14.5 Å². The molecule has 0 aliphatic carbocycles. The van der Waals surface area contributed by atoms with E-state index in [2.05, 4.69) is 10.6 Å². The number of anilines is 1. The number of nitrogens with zero attached hydrogens (tertiary/aromatic N) is 2. The highest BCUT2D eigenvalue weighted by molar-refractivity contribution is 6.04. The molecule has 0 radical (unpaired) electrons. The molecule has 2 N–H and O–H groups in total. The molecule has 8 nitrogen and oxygen atoms in total. The summed E-state index contributed by atoms with van der Waals surface area (Å²) >= 11 is 0. The van der Waals surface area contributed by atoms with Gasteiger partial charge in [0.05, 0.1) is 6.04 Å². The smallest absolute Gasteiger partial charge is 0.331 e. The van der Waals surface area contributed by atoms with Crippen molar-refractivity contribution in [3.63, 3.8) is 0 Å². The Morgan fingerprint density at radius 3 is 2.29 bits per heavy atom. The third kappa shape index (κ3) is 5.33. The monoisotopic (exact) mass is 424 g/mol. The molecule has 1 aromatic heterocycles. The van der Waals surface area contributed by atoms with Crippen LogP contribution in [0.25, 0.3) is 0 Å². The van der Waals surface area contributed by atoms with E-state index in [1.54, 1.807) is 31.2 Å². The molecular weight excluding hydrogens is 403 g/mol. The number of aromatic nitrogens is 2. The minimum atomic E-state index is -0.573. The van der Waals surface area contributed by atoms with Gasteiger partial charge in [0.15, 0.2) is 0 Å². The SMILES string of the molecule is CC(NC(=O)Cn1ccc(=O)n(C)c1=O)c1ccc(NC(=O)c2ccc(F)cc2)cc1. The highest BCUT2D eigenvalue weighted by atomic mass is 19.1. The molecule has 1 atom stereocenters. The molecule has 3 rings (SSSR count). The Balaban J connectivity index is 1.60. The summed E-state index contributed by atoms with van der Waals surface area (Å²) in [5.41, 5.74) is 0.659. The van der Waals surface area contributed by atoms with Crippen LogP contribution in [0.3, 0.4) is 0 Å². The van der Waals surface area contributed by atoms with Crippen LogP contribution >= 0.6 is 0 Å². The number of rotatable bonds is 6. The molecule has 0 aliphatic rings. The average molecular weight is 424 g/mol. The summed E-state index contributed by atoms with van der Waals surface area (Å²) < 4.78 is 15.0. The molecule has 0 spiro atoms. The van der Waals surface area contributed by atoms with Gasteiger partial charge in [-0.1, -0.05) is 12.1 Å². The van der Waals surface area contributed by atoms with Gasteiger partial charge in [0.25, 0.3) is 11.5 Å². The molecule has 0 fully saturated rings. The van der Waals surface area contributed by atoms with E-state index in [4.69, 9.17) is 0 Å². The lowest BCUT2D eigenvalue weighted by atomic mass is 10.1. The van der Waals surface area contributed by atoms with Gasteiger partial charge in [-0.3, -0.25) is 23.5 Å². The molecule has 2 amide bonds. The van der Waals surface area contributed by atoms with E-state index >= 15 is 0 Å². The van der Waals surface area contributed by atoms with Crippen LogP contribution in [0.15, 0.2) is 70.4 Å². The number of nitrogens with one attached hydrogen (secondary N) is 2. The van der Waals surface area contributed by atoms with Crippen molar-refractivity contribution in [2.75, 3.05) is 5.32 Å². The van der Waals surface area contributed by atoms with Crippen molar-refractivity contribution in [3.05, 3.63) is 98.6 Å². The largest absolute Gasteiger partial charge is 0.348 e. The fourth-order valence-corrected chi connectivity index (χ4v) is 2.92. The molecule has 1 unspecified atom stereocenters. The van der Waals surface area contributed by atoms with Crippen molar-refractivity contribution < 1.29 is 14.0 Å². The lowest BCUT2D eigenvalue weighted by Gasteiger charge is -2.16. The second kappa shape index (κ2) is 9.21. The first-order valence-corrected chi connectivity index (χ1v) is 9.47. The van der Waals surface area contributed by atoms with Gasteiger partial charge >= 0.3 is 5.69 Å². The number of amides is 2. The van der Waals surface area contributed by atoms with Crippen LogP contribution in [0.2, 0.25) is 0 Å². The molecular formula is C22H21FN4O4. The van der Waals surface area contributed by atoms with Gasteiger partial charge in [0.1, 0.15) is 12.4 Å². The zero-order valence-corrected chi connectivity index (χ0v) is 17.0. The van der Waals surface area contributed by atoms with E-state index in [0.29, 0.717) is 11.3 Å². The highest BCUT2D eigenvalue weighted by Crippen LogP contribution is 2.17. The first-order chi connectivity index (χ1) is 14.7. The number of benzene rings is 2. The van der Waals surface area contributed by atoms with Crippen molar-refractivity contribution in [1.29, 1.82) is 0 Å². The predicted octanol–water partition coefficient (Wildman–Crippen LogP) is 1.82. The van der Waals surface area contributed by atoms with Gasteiger partial charge in [0.2, 0.25) is 5.91 Å². The average Bonchev–Trinajstić information content (AvgIpc) is 2.75. The van der Waals surface area contributed by atoms with Gasteiger partial charge in [-0.25, -0.2) is 9.18 Å². The summed E-state index contributed by atoms with van der Waals surface area (Å²) in [7, 11) is 1.35. The van der Waals surface area contributed by atoms with Crippen LogP contribution in [-0.4, -0.2) is 20.9 Å². The zero-order valence-electron chi connectivity index (χ0n) is 17.0. The number of carbonyl (C=O) groups is 2. The van der Waals surface area contributed by atoms with Gasteiger partial charge in [-0.15, -0.1) is 0 Å². The second-order valence-corrected chi connectivity index (χ2v) is 7.00. The third-order valence-corrected chi connectivity index (χ3v) is 4.73. The van der Waals surface area contributed by atoms with Gasteiger partial charge in [-0.2, -0.15) is 0 Å². The van der Waals surface area contributed by atoms with Crippen LogP contribution in [0.1, 0.15) is 28.9 Å². The fraction of sp³-hybridized carbons (Fsp3) is 0.182. The molecule has 0 aliphatic heterocycles. The van der Waals surface area contributed by atoms with E-state index in [1.807, 2.05) is 0 Å². The Hall–Kier alpha value is -4.01. The predicted molar refractivity (Wildman–Crippen MR) is 113 cm³/mol. The van der Waals surface area contributed by atoms with Gasteiger partial charge in [0, 0.05) is 30.6 Å². The first kappa shape index (κ1) is 21.7. The maximum atomic E-state index is 13.0. The number of halogens is 1. The summed E-state index contributed by atoms with van der Waals surface area (Å²) in [6, 6.07) is 13.0. The van der Waals surface area contributed by atoms with Crippen LogP contribution in [0.4, 0.5) is 10.1 Å². The maximum Gasteiger partial charge on any atom is 0.331 e. The quantitative estimate of drug-likeness (QED) is 0.630. The fourth-order valence-electron chi connectivity index (χ4n) is 2.92. The molecule has 160 valence electrons. The topological polar surface area (TPSA) is 102 Å². The lowest BCUT2D eigenvalue weighted by molar-refractivity contribution is -0.122. The Bertz CT molecular complexity index is 1210. The Morgan fingerprint density at radius 2 is 1.65 bits per heavy atom. The molecule has 2 aromatic carbocycles. The molecule has 1 heterocycles. The van der Waals surface area contributed by atoms with Crippen LogP contribution < -0.4 is 21.9 Å². The molecule has 31 heavy (non-hydrogen) atoms. The van der Waals surface area contributed by atoms with Crippen molar-refractivity contribution in [2.45, 2.75) is 19.5 Å². The molecule has 9 heteroatoms. The minimum absolute atomic E-state index is 0.219. The van der Waals surface area contributed by atoms with Crippen molar-refractivity contribution >= 4 is 17.5 Å². The number of hydrogen-bond acceptors (Lipinski definition) is 4. The molecule has 3 aromatic rings. The first-order valence-electron chi connectivity index (χ1n) is 9.47. The summed E-state index contributed by atoms with van der Waals surface area (Å²) in [6.45, 7) is 1.57. The summed E-state index contributed by atoms with van der Waals surface area (Å²) in [5, 5.41) is 5.51.